The van der Waals surface area contributed by atoms with Crippen molar-refractivity contribution in [3.8, 4) is 0 Å². The maximum atomic E-state index is 12.7. The minimum Gasteiger partial charge on any atom is -0.351 e. The van der Waals surface area contributed by atoms with Crippen LogP contribution in [0.15, 0.2) is 24.4 Å². The molecule has 2 aliphatic heterocycles. The Morgan fingerprint density at radius 2 is 1.86 bits per heavy atom. The smallest absolute Gasteiger partial charge is 0.261 e. The fraction of sp³-hybridized carbons (Fsp3) is 0.500. The Balaban J connectivity index is 1.52. The van der Waals surface area contributed by atoms with Crippen molar-refractivity contribution >= 4 is 29.0 Å². The van der Waals surface area contributed by atoms with E-state index in [1.807, 2.05) is 12.1 Å². The van der Waals surface area contributed by atoms with E-state index in [4.69, 9.17) is 0 Å². The van der Waals surface area contributed by atoms with E-state index in [-0.39, 0.29) is 5.91 Å². The number of rotatable bonds is 4. The molecular formula is C22H30N6O. The predicted molar refractivity (Wildman–Crippen MR) is 117 cm³/mol. The first-order valence-electron chi connectivity index (χ1n) is 10.5. The molecule has 1 fully saturated rings. The lowest BCUT2D eigenvalue weighted by Crippen LogP contribution is -2.42. The molecule has 29 heavy (non-hydrogen) atoms. The lowest BCUT2D eigenvalue weighted by atomic mass is 10.0. The van der Waals surface area contributed by atoms with E-state index in [1.54, 1.807) is 6.20 Å². The molecule has 0 bridgehead atoms. The lowest BCUT2D eigenvalue weighted by Gasteiger charge is -2.34. The molecule has 154 valence electrons. The fourth-order valence-electron chi connectivity index (χ4n) is 3.91. The SMILES string of the molecule is CC(C)c1ccc2c(c1)NC(=O)c1cnc(NC3CCN(C(C)C)CC3)nc1N2. The van der Waals surface area contributed by atoms with Crippen LogP contribution in [0, 0.1) is 0 Å². The molecule has 1 aromatic carbocycles. The summed E-state index contributed by atoms with van der Waals surface area (Å²) >= 11 is 0. The van der Waals surface area contributed by atoms with Gasteiger partial charge in [-0.2, -0.15) is 4.98 Å². The third-order valence-electron chi connectivity index (χ3n) is 5.84. The monoisotopic (exact) mass is 394 g/mol. The molecule has 2 aliphatic rings. The number of piperidine rings is 1. The largest absolute Gasteiger partial charge is 0.351 e. The molecule has 1 amide bonds. The van der Waals surface area contributed by atoms with Crippen LogP contribution < -0.4 is 16.0 Å². The Hall–Kier alpha value is -2.67. The Kier molecular flexibility index (Phi) is 5.41. The van der Waals surface area contributed by atoms with E-state index >= 15 is 0 Å². The molecule has 4 rings (SSSR count). The molecule has 0 unspecified atom stereocenters. The summed E-state index contributed by atoms with van der Waals surface area (Å²) in [5.74, 6) is 1.30. The van der Waals surface area contributed by atoms with Gasteiger partial charge in [0.15, 0.2) is 0 Å². The molecule has 2 aromatic rings. The molecule has 0 spiro atoms. The van der Waals surface area contributed by atoms with Gasteiger partial charge in [0.1, 0.15) is 11.4 Å². The average molecular weight is 395 g/mol. The first kappa shape index (κ1) is 19.6. The molecule has 1 saturated heterocycles. The second-order valence-electron chi connectivity index (χ2n) is 8.54. The Morgan fingerprint density at radius 3 is 2.55 bits per heavy atom. The normalized spacial score (nSPS) is 17.4. The van der Waals surface area contributed by atoms with Gasteiger partial charge in [0.2, 0.25) is 5.95 Å². The van der Waals surface area contributed by atoms with Gasteiger partial charge in [-0.25, -0.2) is 4.98 Å². The number of amides is 1. The minimum atomic E-state index is -0.191. The molecule has 7 nitrogen and oxygen atoms in total. The van der Waals surface area contributed by atoms with Gasteiger partial charge >= 0.3 is 0 Å². The number of carbonyl (C=O) groups excluding carboxylic acids is 1. The minimum absolute atomic E-state index is 0.191. The van der Waals surface area contributed by atoms with Gasteiger partial charge < -0.3 is 20.9 Å². The summed E-state index contributed by atoms with van der Waals surface area (Å²) in [6.45, 7) is 10.9. The molecule has 0 saturated carbocycles. The summed E-state index contributed by atoms with van der Waals surface area (Å²) in [7, 11) is 0. The summed E-state index contributed by atoms with van der Waals surface area (Å²) in [5, 5.41) is 9.75. The quantitative estimate of drug-likeness (QED) is 0.721. The molecule has 0 radical (unpaired) electrons. The predicted octanol–water partition coefficient (Wildman–Crippen LogP) is 4.19. The van der Waals surface area contributed by atoms with Gasteiger partial charge in [-0.1, -0.05) is 19.9 Å². The van der Waals surface area contributed by atoms with E-state index in [1.165, 1.54) is 5.56 Å². The van der Waals surface area contributed by atoms with Crippen LogP contribution in [-0.4, -0.2) is 45.9 Å². The van der Waals surface area contributed by atoms with Crippen LogP contribution in [0.4, 0.5) is 23.1 Å². The Morgan fingerprint density at radius 1 is 1.10 bits per heavy atom. The van der Waals surface area contributed by atoms with Crippen LogP contribution in [-0.2, 0) is 0 Å². The third kappa shape index (κ3) is 4.19. The van der Waals surface area contributed by atoms with E-state index in [0.717, 1.165) is 37.3 Å². The van der Waals surface area contributed by atoms with Gasteiger partial charge in [0, 0.05) is 31.4 Å². The summed E-state index contributed by atoms with van der Waals surface area (Å²) in [6, 6.07) is 7.03. The number of aromatic nitrogens is 2. The van der Waals surface area contributed by atoms with Crippen LogP contribution >= 0.6 is 0 Å². The number of nitrogens with zero attached hydrogens (tertiary/aromatic N) is 3. The van der Waals surface area contributed by atoms with Crippen LogP contribution in [0.2, 0.25) is 0 Å². The number of hydrogen-bond donors (Lipinski definition) is 3. The van der Waals surface area contributed by atoms with E-state index < -0.39 is 0 Å². The number of fused-ring (bicyclic) bond motifs is 2. The van der Waals surface area contributed by atoms with Gasteiger partial charge in [0.05, 0.1) is 11.4 Å². The lowest BCUT2D eigenvalue weighted by molar-refractivity contribution is 0.102. The number of nitrogens with one attached hydrogen (secondary N) is 3. The molecule has 0 atom stereocenters. The van der Waals surface area contributed by atoms with Gasteiger partial charge in [-0.3, -0.25) is 4.79 Å². The van der Waals surface area contributed by atoms with Crippen molar-refractivity contribution in [1.82, 2.24) is 14.9 Å². The number of benzene rings is 1. The zero-order valence-electron chi connectivity index (χ0n) is 17.6. The van der Waals surface area contributed by atoms with Crippen molar-refractivity contribution in [1.29, 1.82) is 0 Å². The number of anilines is 4. The van der Waals surface area contributed by atoms with Crippen molar-refractivity contribution in [3.05, 3.63) is 35.5 Å². The standard InChI is InChI=1S/C22H30N6O/c1-13(2)15-5-6-18-19(11-15)26-21(29)17-12-23-22(27-20(17)25-18)24-16-7-9-28(10-8-16)14(3)4/h5-6,11-14,16H,7-10H2,1-4H3,(H,26,29)(H2,23,24,25,27). The summed E-state index contributed by atoms with van der Waals surface area (Å²) < 4.78 is 0. The highest BCUT2D eigenvalue weighted by atomic mass is 16.1. The highest BCUT2D eigenvalue weighted by molar-refractivity contribution is 6.11. The van der Waals surface area contributed by atoms with Crippen LogP contribution in [0.5, 0.6) is 0 Å². The first-order chi connectivity index (χ1) is 13.9. The second-order valence-corrected chi connectivity index (χ2v) is 8.54. The maximum absolute atomic E-state index is 12.7. The molecule has 0 aliphatic carbocycles. The van der Waals surface area contributed by atoms with E-state index in [2.05, 4.69) is 64.6 Å². The second kappa shape index (κ2) is 7.99. The number of carbonyl (C=O) groups is 1. The van der Waals surface area contributed by atoms with E-state index in [9.17, 15) is 4.79 Å². The summed E-state index contributed by atoms with van der Waals surface area (Å²) in [5.41, 5.74) is 3.25. The molecule has 7 heteroatoms. The number of hydrogen-bond acceptors (Lipinski definition) is 6. The van der Waals surface area contributed by atoms with Crippen molar-refractivity contribution in [3.63, 3.8) is 0 Å². The molecular weight excluding hydrogens is 364 g/mol. The van der Waals surface area contributed by atoms with Crippen molar-refractivity contribution in [2.45, 2.75) is 58.5 Å². The highest BCUT2D eigenvalue weighted by Crippen LogP contribution is 2.33. The van der Waals surface area contributed by atoms with Crippen LogP contribution in [0.3, 0.4) is 0 Å². The summed E-state index contributed by atoms with van der Waals surface area (Å²) in [6.07, 6.45) is 3.73. The van der Waals surface area contributed by atoms with Gasteiger partial charge in [-0.15, -0.1) is 0 Å². The van der Waals surface area contributed by atoms with Gasteiger partial charge in [-0.05, 0) is 50.3 Å². The van der Waals surface area contributed by atoms with E-state index in [0.29, 0.717) is 35.3 Å². The zero-order valence-corrected chi connectivity index (χ0v) is 17.6. The first-order valence-corrected chi connectivity index (χ1v) is 10.5. The molecule has 1 aromatic heterocycles. The Bertz CT molecular complexity index is 902. The molecule has 3 heterocycles. The maximum Gasteiger partial charge on any atom is 0.261 e. The fourth-order valence-corrected chi connectivity index (χ4v) is 3.91. The van der Waals surface area contributed by atoms with Crippen molar-refractivity contribution < 1.29 is 4.79 Å². The van der Waals surface area contributed by atoms with Gasteiger partial charge in [0.25, 0.3) is 5.91 Å². The highest BCUT2D eigenvalue weighted by Gasteiger charge is 2.24. The molecule has 3 N–H and O–H groups in total. The average Bonchev–Trinajstić information content (AvgIpc) is 2.83. The summed E-state index contributed by atoms with van der Waals surface area (Å²) in [4.78, 5) is 24.2. The number of likely N-dealkylation sites (tertiary alicyclic amines) is 1. The zero-order chi connectivity index (χ0) is 20.5. The van der Waals surface area contributed by atoms with Crippen LogP contribution in [0.1, 0.15) is 62.4 Å². The van der Waals surface area contributed by atoms with Crippen molar-refractivity contribution in [2.24, 2.45) is 0 Å². The Labute approximate surface area is 172 Å². The van der Waals surface area contributed by atoms with Crippen molar-refractivity contribution in [2.75, 3.05) is 29.0 Å². The third-order valence-corrected chi connectivity index (χ3v) is 5.84. The van der Waals surface area contributed by atoms with Crippen LogP contribution in [0.25, 0.3) is 0 Å². The topological polar surface area (TPSA) is 82.2 Å².